The zero-order valence-corrected chi connectivity index (χ0v) is 15.7. The number of nitriles is 1. The molecule has 0 saturated heterocycles. The van der Waals surface area contributed by atoms with Crippen molar-refractivity contribution in [3.8, 4) is 6.07 Å². The van der Waals surface area contributed by atoms with Gasteiger partial charge in [0.25, 0.3) is 5.60 Å². The van der Waals surface area contributed by atoms with Crippen molar-refractivity contribution in [2.45, 2.75) is 48.6 Å². The third kappa shape index (κ3) is 2.08. The Morgan fingerprint density at radius 3 is 3.08 bits per heavy atom. The third-order valence-electron chi connectivity index (χ3n) is 5.59. The van der Waals surface area contributed by atoms with Crippen LogP contribution in [-0.2, 0) is 4.74 Å². The van der Waals surface area contributed by atoms with Crippen LogP contribution in [0.15, 0.2) is 46.6 Å². The van der Waals surface area contributed by atoms with E-state index in [2.05, 4.69) is 32.8 Å². The van der Waals surface area contributed by atoms with Gasteiger partial charge in [0.1, 0.15) is 18.0 Å². The number of aliphatic hydroxyl groups is 1. The average molecular weight is 414 g/mol. The molecule has 4 heterocycles. The van der Waals surface area contributed by atoms with Crippen LogP contribution < -0.4 is 0 Å². The first-order valence-electron chi connectivity index (χ1n) is 8.91. The van der Waals surface area contributed by atoms with Gasteiger partial charge in [-0.3, -0.25) is 0 Å². The van der Waals surface area contributed by atoms with Crippen molar-refractivity contribution in [1.82, 2.24) is 4.57 Å². The first kappa shape index (κ1) is 15.9. The van der Waals surface area contributed by atoms with Crippen molar-refractivity contribution in [2.75, 3.05) is 0 Å². The van der Waals surface area contributed by atoms with Crippen LogP contribution in [0.1, 0.15) is 37.8 Å². The second-order valence-electron chi connectivity index (χ2n) is 7.13. The zero-order chi connectivity index (χ0) is 17.9. The van der Waals surface area contributed by atoms with Gasteiger partial charge in [-0.2, -0.15) is 9.83 Å². The molecule has 3 unspecified atom stereocenters. The molecule has 3 aliphatic heterocycles. The first-order valence-corrected chi connectivity index (χ1v) is 9.83. The quantitative estimate of drug-likeness (QED) is 0.597. The number of hydrogen-bond acceptors (Lipinski definition) is 4. The molecule has 6 nitrogen and oxygen atoms in total. The molecule has 0 aromatic carbocycles. The fraction of sp³-hybridized carbons (Fsp3) is 0.421. The Hall–Kier alpha value is -2.33. The molecule has 1 N–H and O–H groups in total. The van der Waals surface area contributed by atoms with Crippen LogP contribution in [0.25, 0.3) is 0 Å². The van der Waals surface area contributed by atoms with Crippen molar-refractivity contribution in [2.24, 2.45) is 4.99 Å². The number of halogens is 1. The highest BCUT2D eigenvalue weighted by molar-refractivity contribution is 9.09. The molecule has 1 fully saturated rings. The Morgan fingerprint density at radius 1 is 1.42 bits per heavy atom. The molecule has 5 rings (SSSR count). The van der Waals surface area contributed by atoms with Crippen LogP contribution in [0.4, 0.5) is 0 Å². The SMILES string of the molecule is N#CC12CC=C(O1)C(O)=C2N=C1n2cccc2C=[N+]1C1CCCCC1Br. The number of aromatic nitrogens is 1. The lowest BCUT2D eigenvalue weighted by molar-refractivity contribution is -0.453. The van der Waals surface area contributed by atoms with Crippen molar-refractivity contribution in [3.63, 3.8) is 0 Å². The summed E-state index contributed by atoms with van der Waals surface area (Å²) in [6, 6.07) is 6.50. The van der Waals surface area contributed by atoms with E-state index < -0.39 is 5.60 Å². The lowest BCUT2D eigenvalue weighted by atomic mass is 9.94. The van der Waals surface area contributed by atoms with E-state index in [1.807, 2.05) is 22.9 Å². The van der Waals surface area contributed by atoms with Crippen LogP contribution in [0.3, 0.4) is 0 Å². The number of aliphatic hydroxyl groups excluding tert-OH is 1. The molecule has 4 aliphatic rings. The largest absolute Gasteiger partial charge is 0.502 e. The van der Waals surface area contributed by atoms with Crippen molar-refractivity contribution < 1.29 is 14.4 Å². The highest BCUT2D eigenvalue weighted by atomic mass is 79.9. The number of nitrogens with zero attached hydrogens (tertiary/aromatic N) is 4. The maximum Gasteiger partial charge on any atom is 0.404 e. The standard InChI is InChI=1S/C19H17BrN4O2/c20-13-5-1-2-6-14(13)24-10-12-4-3-9-23(12)18(24)22-17-16(25)15-7-8-19(17,11-21)26-15/h3-4,7,9-10,13-14H,1-2,5-6,8H2/p+1. The summed E-state index contributed by atoms with van der Waals surface area (Å²) in [6.07, 6.45) is 10.8. The minimum atomic E-state index is -1.20. The minimum Gasteiger partial charge on any atom is -0.502 e. The van der Waals surface area contributed by atoms with Crippen LogP contribution >= 0.6 is 15.9 Å². The highest BCUT2D eigenvalue weighted by Crippen LogP contribution is 2.46. The molecule has 132 valence electrons. The molecule has 3 atom stereocenters. The van der Waals surface area contributed by atoms with Gasteiger partial charge in [0.05, 0.1) is 12.2 Å². The second-order valence-corrected chi connectivity index (χ2v) is 8.31. The van der Waals surface area contributed by atoms with Crippen molar-refractivity contribution >= 4 is 28.1 Å². The van der Waals surface area contributed by atoms with E-state index in [4.69, 9.17) is 9.73 Å². The number of rotatable bonds is 2. The summed E-state index contributed by atoms with van der Waals surface area (Å²) in [5.41, 5.74) is 0.159. The summed E-state index contributed by atoms with van der Waals surface area (Å²) < 4.78 is 9.82. The molecule has 1 saturated carbocycles. The average Bonchev–Trinajstić information content (AvgIpc) is 3.38. The van der Waals surface area contributed by atoms with Crippen molar-refractivity contribution in [1.29, 1.82) is 5.26 Å². The molecule has 0 amide bonds. The Morgan fingerprint density at radius 2 is 2.27 bits per heavy atom. The number of aliphatic imine (C=N–C) groups is 1. The predicted octanol–water partition coefficient (Wildman–Crippen LogP) is 3.19. The van der Waals surface area contributed by atoms with Gasteiger partial charge in [0.15, 0.2) is 5.76 Å². The molecule has 1 aliphatic carbocycles. The maximum absolute atomic E-state index is 10.5. The summed E-state index contributed by atoms with van der Waals surface area (Å²) in [7, 11) is 0. The Kier molecular flexibility index (Phi) is 3.41. The van der Waals surface area contributed by atoms with Gasteiger partial charge in [0, 0.05) is 11.2 Å². The smallest absolute Gasteiger partial charge is 0.404 e. The fourth-order valence-corrected chi connectivity index (χ4v) is 5.05. The van der Waals surface area contributed by atoms with Crippen LogP contribution in [-0.4, -0.2) is 42.9 Å². The van der Waals surface area contributed by atoms with Crippen LogP contribution in [0.2, 0.25) is 0 Å². The number of ether oxygens (including phenoxy) is 1. The molecule has 0 spiro atoms. The summed E-state index contributed by atoms with van der Waals surface area (Å²) in [5.74, 6) is 1.06. The summed E-state index contributed by atoms with van der Waals surface area (Å²) in [6.45, 7) is 0. The van der Waals surface area contributed by atoms with Gasteiger partial charge in [0.2, 0.25) is 11.5 Å². The normalized spacial score (nSPS) is 33.8. The van der Waals surface area contributed by atoms with Gasteiger partial charge in [-0.1, -0.05) is 27.3 Å². The van der Waals surface area contributed by atoms with E-state index in [1.165, 1.54) is 12.8 Å². The Balaban J connectivity index is 1.63. The van der Waals surface area contributed by atoms with Gasteiger partial charge in [-0.15, -0.1) is 0 Å². The first-order chi connectivity index (χ1) is 12.6. The molecular weight excluding hydrogens is 396 g/mol. The van der Waals surface area contributed by atoms with E-state index in [0.29, 0.717) is 34.7 Å². The van der Waals surface area contributed by atoms with E-state index in [9.17, 15) is 10.4 Å². The van der Waals surface area contributed by atoms with E-state index >= 15 is 0 Å². The maximum atomic E-state index is 10.5. The number of alkyl halides is 1. The predicted molar refractivity (Wildman–Crippen MR) is 99.4 cm³/mol. The van der Waals surface area contributed by atoms with Gasteiger partial charge in [-0.05, 0) is 37.5 Å². The van der Waals surface area contributed by atoms with Gasteiger partial charge >= 0.3 is 5.96 Å². The summed E-state index contributed by atoms with van der Waals surface area (Å²) in [5, 5.41) is 20.1. The van der Waals surface area contributed by atoms with E-state index in [-0.39, 0.29) is 5.76 Å². The zero-order valence-electron chi connectivity index (χ0n) is 14.1. The fourth-order valence-electron chi connectivity index (χ4n) is 4.21. The number of fused-ring (bicyclic) bond motifs is 3. The molecular formula is C19H18BrN4O2+. The monoisotopic (exact) mass is 413 g/mol. The second kappa shape index (κ2) is 5.58. The molecule has 0 radical (unpaired) electrons. The molecule has 7 heteroatoms. The van der Waals surface area contributed by atoms with Crippen LogP contribution in [0, 0.1) is 11.3 Å². The van der Waals surface area contributed by atoms with Gasteiger partial charge < -0.3 is 9.84 Å². The molecule has 2 bridgehead atoms. The van der Waals surface area contributed by atoms with Crippen molar-refractivity contribution in [3.05, 3.63) is 47.3 Å². The lowest BCUT2D eigenvalue weighted by Gasteiger charge is -2.27. The van der Waals surface area contributed by atoms with E-state index in [0.717, 1.165) is 18.5 Å². The van der Waals surface area contributed by atoms with Crippen LogP contribution in [0.5, 0.6) is 0 Å². The topological polar surface area (TPSA) is 73.5 Å². The summed E-state index contributed by atoms with van der Waals surface area (Å²) in [4.78, 5) is 5.16. The summed E-state index contributed by atoms with van der Waals surface area (Å²) >= 11 is 3.83. The Labute approximate surface area is 159 Å². The number of hydrogen-bond donors (Lipinski definition) is 1. The molecule has 1 aromatic rings. The minimum absolute atomic E-state index is 0.0232. The molecule has 1 aromatic heterocycles. The third-order valence-corrected chi connectivity index (χ3v) is 6.66. The Bertz CT molecular complexity index is 964. The van der Waals surface area contributed by atoms with E-state index in [1.54, 1.807) is 6.08 Å². The highest BCUT2D eigenvalue weighted by Gasteiger charge is 2.54. The molecule has 26 heavy (non-hydrogen) atoms. The lowest BCUT2D eigenvalue weighted by Crippen LogP contribution is -2.41. The van der Waals surface area contributed by atoms with Gasteiger partial charge in [-0.25, -0.2) is 4.58 Å².